The van der Waals surface area contributed by atoms with Gasteiger partial charge in [0.05, 0.1) is 5.56 Å². The molecule has 0 unspecified atom stereocenters. The molecular formula is C18H15BrClF3N2O3. The van der Waals surface area contributed by atoms with E-state index in [9.17, 15) is 27.9 Å². The van der Waals surface area contributed by atoms with Crippen LogP contribution in [-0.2, 0) is 22.2 Å². The first kappa shape index (κ1) is 22.2. The minimum Gasteiger partial charge on any atom is -0.378 e. The SMILES string of the molecule is NC(=O)[C@H](Cc1cc(Cl)ccc1Br)NC(=O)[C@H](O)c1ccc(C(F)(F)F)cc1. The second-order valence-electron chi connectivity index (χ2n) is 5.93. The lowest BCUT2D eigenvalue weighted by Gasteiger charge is -2.19. The zero-order valence-corrected chi connectivity index (χ0v) is 16.5. The second-order valence-corrected chi connectivity index (χ2v) is 7.22. The van der Waals surface area contributed by atoms with Gasteiger partial charge >= 0.3 is 6.18 Å². The first-order chi connectivity index (χ1) is 13.0. The Kier molecular flexibility index (Phi) is 7.08. The van der Waals surface area contributed by atoms with Gasteiger partial charge < -0.3 is 16.2 Å². The molecule has 2 aromatic rings. The number of nitrogens with two attached hydrogens (primary N) is 1. The van der Waals surface area contributed by atoms with E-state index >= 15 is 0 Å². The van der Waals surface area contributed by atoms with Crippen LogP contribution in [0.2, 0.25) is 5.02 Å². The Hall–Kier alpha value is -2.10. The molecule has 4 N–H and O–H groups in total. The molecule has 0 saturated carbocycles. The number of carbonyl (C=O) groups excluding carboxylic acids is 2. The highest BCUT2D eigenvalue weighted by molar-refractivity contribution is 9.10. The summed E-state index contributed by atoms with van der Waals surface area (Å²) >= 11 is 9.21. The molecule has 0 aliphatic rings. The summed E-state index contributed by atoms with van der Waals surface area (Å²) in [5.41, 5.74) is 4.95. The monoisotopic (exact) mass is 478 g/mol. The predicted octanol–water partition coefficient (Wildman–Crippen LogP) is 3.37. The molecule has 0 fully saturated rings. The van der Waals surface area contributed by atoms with E-state index in [1.807, 2.05) is 0 Å². The van der Waals surface area contributed by atoms with Crippen LogP contribution in [-0.4, -0.2) is 23.0 Å². The maximum atomic E-state index is 12.6. The van der Waals surface area contributed by atoms with Crippen LogP contribution in [0.25, 0.3) is 0 Å². The molecule has 10 heteroatoms. The Morgan fingerprint density at radius 3 is 2.32 bits per heavy atom. The van der Waals surface area contributed by atoms with Crippen molar-refractivity contribution in [3.63, 3.8) is 0 Å². The van der Waals surface area contributed by atoms with Crippen LogP contribution in [0.3, 0.4) is 0 Å². The quantitative estimate of drug-likeness (QED) is 0.593. The first-order valence-corrected chi connectivity index (χ1v) is 9.05. The third-order valence-electron chi connectivity index (χ3n) is 3.89. The van der Waals surface area contributed by atoms with E-state index in [-0.39, 0.29) is 12.0 Å². The van der Waals surface area contributed by atoms with Gasteiger partial charge in [-0.2, -0.15) is 13.2 Å². The van der Waals surface area contributed by atoms with Crippen LogP contribution in [0.5, 0.6) is 0 Å². The lowest BCUT2D eigenvalue weighted by atomic mass is 10.0. The summed E-state index contributed by atoms with van der Waals surface area (Å²) in [6, 6.07) is 7.18. The smallest absolute Gasteiger partial charge is 0.378 e. The molecule has 5 nitrogen and oxygen atoms in total. The van der Waals surface area contributed by atoms with Crippen molar-refractivity contribution in [2.24, 2.45) is 5.73 Å². The summed E-state index contributed by atoms with van der Waals surface area (Å²) in [4.78, 5) is 24.0. The summed E-state index contributed by atoms with van der Waals surface area (Å²) in [5.74, 6) is -1.82. The van der Waals surface area contributed by atoms with Crippen LogP contribution in [0.1, 0.15) is 22.8 Å². The number of alkyl halides is 3. The topological polar surface area (TPSA) is 92.4 Å². The summed E-state index contributed by atoms with van der Waals surface area (Å²) in [7, 11) is 0. The zero-order chi connectivity index (χ0) is 21.1. The molecule has 0 aliphatic heterocycles. The predicted molar refractivity (Wildman–Crippen MR) is 100 cm³/mol. The maximum absolute atomic E-state index is 12.6. The molecule has 150 valence electrons. The van der Waals surface area contributed by atoms with Gasteiger partial charge in [-0.3, -0.25) is 9.59 Å². The summed E-state index contributed by atoms with van der Waals surface area (Å²) in [6.45, 7) is 0. The highest BCUT2D eigenvalue weighted by atomic mass is 79.9. The molecule has 0 bridgehead atoms. The van der Waals surface area contributed by atoms with Crippen molar-refractivity contribution >= 4 is 39.3 Å². The lowest BCUT2D eigenvalue weighted by molar-refractivity contribution is -0.137. The number of benzene rings is 2. The van der Waals surface area contributed by atoms with Crippen LogP contribution in [0, 0.1) is 0 Å². The Bertz CT molecular complexity index is 875. The van der Waals surface area contributed by atoms with E-state index < -0.39 is 35.7 Å². The average Bonchev–Trinajstić information content (AvgIpc) is 2.62. The van der Waals surface area contributed by atoms with Crippen LogP contribution in [0.4, 0.5) is 13.2 Å². The zero-order valence-electron chi connectivity index (χ0n) is 14.1. The van der Waals surface area contributed by atoms with Crippen molar-refractivity contribution in [1.82, 2.24) is 5.32 Å². The fraction of sp³-hybridized carbons (Fsp3) is 0.222. The highest BCUT2D eigenvalue weighted by Crippen LogP contribution is 2.30. The van der Waals surface area contributed by atoms with Gasteiger partial charge in [-0.25, -0.2) is 0 Å². The fourth-order valence-electron chi connectivity index (χ4n) is 2.40. The molecule has 2 rings (SSSR count). The van der Waals surface area contributed by atoms with Gasteiger partial charge in [-0.05, 0) is 41.5 Å². The fourth-order valence-corrected chi connectivity index (χ4v) is 3.00. The Balaban J connectivity index is 2.13. The van der Waals surface area contributed by atoms with Gasteiger partial charge in [-0.15, -0.1) is 0 Å². The van der Waals surface area contributed by atoms with Gasteiger partial charge in [0.25, 0.3) is 5.91 Å². The lowest BCUT2D eigenvalue weighted by Crippen LogP contribution is -2.47. The van der Waals surface area contributed by atoms with E-state index in [0.717, 1.165) is 24.3 Å². The maximum Gasteiger partial charge on any atom is 0.416 e. The first-order valence-electron chi connectivity index (χ1n) is 7.88. The molecule has 0 spiro atoms. The molecule has 0 saturated heterocycles. The van der Waals surface area contributed by atoms with Gasteiger partial charge in [0.1, 0.15) is 6.04 Å². The minimum absolute atomic E-state index is 0.00193. The number of amides is 2. The van der Waals surface area contributed by atoms with E-state index in [0.29, 0.717) is 15.1 Å². The molecular weight excluding hydrogens is 465 g/mol. The van der Waals surface area contributed by atoms with Crippen LogP contribution >= 0.6 is 27.5 Å². The number of hydrogen-bond donors (Lipinski definition) is 3. The number of aliphatic hydroxyl groups is 1. The molecule has 0 aliphatic carbocycles. The van der Waals surface area contributed by atoms with Gasteiger partial charge in [0.2, 0.25) is 5.91 Å². The number of halogens is 5. The molecule has 2 atom stereocenters. The summed E-state index contributed by atoms with van der Waals surface area (Å²) < 4.78 is 38.4. The number of nitrogens with one attached hydrogen (secondary N) is 1. The second kappa shape index (κ2) is 8.93. The van der Waals surface area contributed by atoms with Crippen molar-refractivity contribution in [3.05, 3.63) is 68.7 Å². The summed E-state index contributed by atoms with van der Waals surface area (Å²) in [5, 5.41) is 12.8. The average molecular weight is 480 g/mol. The number of carbonyl (C=O) groups is 2. The molecule has 0 aromatic heterocycles. The molecule has 2 aromatic carbocycles. The largest absolute Gasteiger partial charge is 0.416 e. The molecule has 0 radical (unpaired) electrons. The van der Waals surface area contributed by atoms with E-state index in [1.54, 1.807) is 18.2 Å². The normalized spacial score (nSPS) is 13.6. The highest BCUT2D eigenvalue weighted by Gasteiger charge is 2.31. The van der Waals surface area contributed by atoms with E-state index in [1.165, 1.54) is 0 Å². The number of aliphatic hydroxyl groups excluding tert-OH is 1. The van der Waals surface area contributed by atoms with Gasteiger partial charge in [-0.1, -0.05) is 39.7 Å². The van der Waals surface area contributed by atoms with Gasteiger partial charge in [0.15, 0.2) is 6.10 Å². The van der Waals surface area contributed by atoms with Gasteiger partial charge in [0, 0.05) is 15.9 Å². The Morgan fingerprint density at radius 1 is 1.18 bits per heavy atom. The van der Waals surface area contributed by atoms with Crippen molar-refractivity contribution in [1.29, 1.82) is 0 Å². The number of primary amides is 1. The van der Waals surface area contributed by atoms with Crippen molar-refractivity contribution in [2.75, 3.05) is 0 Å². The standard InChI is InChI=1S/C18H15BrClF3N2O3/c19-13-6-5-12(20)7-10(13)8-14(16(24)27)25-17(28)15(26)9-1-3-11(4-2-9)18(21,22)23/h1-7,14-15,26H,8H2,(H2,24,27)(H,25,28)/t14-,15+/m0/s1. The number of hydrogen-bond acceptors (Lipinski definition) is 3. The van der Waals surface area contributed by atoms with Crippen LogP contribution < -0.4 is 11.1 Å². The summed E-state index contributed by atoms with van der Waals surface area (Å²) in [6.07, 6.45) is -6.30. The third kappa shape index (κ3) is 5.70. The van der Waals surface area contributed by atoms with Crippen LogP contribution in [0.15, 0.2) is 46.9 Å². The Morgan fingerprint density at radius 2 is 1.79 bits per heavy atom. The van der Waals surface area contributed by atoms with Crippen molar-refractivity contribution in [2.45, 2.75) is 24.7 Å². The molecule has 28 heavy (non-hydrogen) atoms. The minimum atomic E-state index is -4.53. The van der Waals surface area contributed by atoms with Crippen molar-refractivity contribution < 1.29 is 27.9 Å². The van der Waals surface area contributed by atoms with E-state index in [4.69, 9.17) is 17.3 Å². The number of rotatable bonds is 6. The molecule has 2 amide bonds. The Labute approximate surface area is 171 Å². The third-order valence-corrected chi connectivity index (χ3v) is 4.90. The van der Waals surface area contributed by atoms with Crippen molar-refractivity contribution in [3.8, 4) is 0 Å². The van der Waals surface area contributed by atoms with E-state index in [2.05, 4.69) is 21.2 Å². The molecule has 0 heterocycles.